The molecule has 0 bridgehead atoms. The van der Waals surface area contributed by atoms with Crippen LogP contribution in [0.3, 0.4) is 0 Å². The number of ether oxygens (including phenoxy) is 1. The van der Waals surface area contributed by atoms with E-state index in [1.165, 1.54) is 12.5 Å². The summed E-state index contributed by atoms with van der Waals surface area (Å²) in [4.78, 5) is 13.7. The highest BCUT2D eigenvalue weighted by Gasteiger charge is 2.39. The predicted molar refractivity (Wildman–Crippen MR) is 117 cm³/mol. The average Bonchev–Trinajstić information content (AvgIpc) is 3.16. The molecule has 0 aliphatic carbocycles. The fraction of sp³-hybridized carbons (Fsp3) is 0.375. The lowest BCUT2D eigenvalue weighted by molar-refractivity contribution is -0.131. The van der Waals surface area contributed by atoms with Crippen LogP contribution >= 0.6 is 0 Å². The van der Waals surface area contributed by atoms with Crippen LogP contribution in [0.25, 0.3) is 5.69 Å². The van der Waals surface area contributed by atoms with Gasteiger partial charge in [0.05, 0.1) is 5.69 Å². The number of aryl methyl sites for hydroxylation is 1. The maximum atomic E-state index is 11.5. The molecule has 7 nitrogen and oxygen atoms in total. The summed E-state index contributed by atoms with van der Waals surface area (Å²) in [7, 11) is 0. The zero-order valence-electron chi connectivity index (χ0n) is 18.0. The monoisotopic (exact) mass is 420 g/mol. The van der Waals surface area contributed by atoms with Gasteiger partial charge in [0.2, 0.25) is 0 Å². The van der Waals surface area contributed by atoms with Gasteiger partial charge in [0.1, 0.15) is 17.2 Å². The van der Waals surface area contributed by atoms with E-state index in [1.807, 2.05) is 29.7 Å². The molecule has 0 amide bonds. The number of hydrogen-bond acceptors (Lipinski definition) is 6. The van der Waals surface area contributed by atoms with Gasteiger partial charge in [-0.15, -0.1) is 10.2 Å². The molecule has 0 atom stereocenters. The van der Waals surface area contributed by atoms with Gasteiger partial charge in [-0.05, 0) is 43.9 Å². The minimum Gasteiger partial charge on any atom is -0.427 e. The standard InChI is InChI=1S/C24H28N4O3/c1-18-25-26-23(28(18)21-9-6-10-22(17-21)31-19(2)29)24(30)12-15-27(16-13-24)14-11-20-7-4-3-5-8-20/h3-10,17,30H,11-16H2,1-2H3. The predicted octanol–water partition coefficient (Wildman–Crippen LogP) is 3.03. The second kappa shape index (κ2) is 8.99. The number of carbonyl (C=O) groups excluding carboxylic acids is 1. The van der Waals surface area contributed by atoms with Crippen molar-refractivity contribution in [3.05, 3.63) is 71.8 Å². The van der Waals surface area contributed by atoms with Crippen LogP contribution in [0.1, 0.15) is 37.0 Å². The van der Waals surface area contributed by atoms with Gasteiger partial charge in [0, 0.05) is 32.6 Å². The van der Waals surface area contributed by atoms with Gasteiger partial charge in [-0.1, -0.05) is 36.4 Å². The Balaban J connectivity index is 1.49. The Hall–Kier alpha value is -3.03. The first-order valence-corrected chi connectivity index (χ1v) is 10.6. The zero-order chi connectivity index (χ0) is 21.8. The molecule has 162 valence electrons. The second-order valence-corrected chi connectivity index (χ2v) is 8.11. The van der Waals surface area contributed by atoms with Crippen molar-refractivity contribution in [2.45, 2.75) is 38.7 Å². The fourth-order valence-corrected chi connectivity index (χ4v) is 4.13. The summed E-state index contributed by atoms with van der Waals surface area (Å²) in [6.45, 7) is 5.78. The molecule has 3 aromatic rings. The molecule has 1 aliphatic heterocycles. The van der Waals surface area contributed by atoms with Crippen LogP contribution in [0, 0.1) is 6.92 Å². The number of rotatable bonds is 6. The molecule has 0 spiro atoms. The maximum absolute atomic E-state index is 11.5. The van der Waals surface area contributed by atoms with E-state index in [4.69, 9.17) is 4.74 Å². The average molecular weight is 421 g/mol. The molecule has 0 saturated carbocycles. The first kappa shape index (κ1) is 21.2. The number of nitrogens with zero attached hydrogens (tertiary/aromatic N) is 4. The maximum Gasteiger partial charge on any atom is 0.308 e. The second-order valence-electron chi connectivity index (χ2n) is 8.11. The first-order chi connectivity index (χ1) is 14.9. The summed E-state index contributed by atoms with van der Waals surface area (Å²) in [5.74, 6) is 1.29. The van der Waals surface area contributed by atoms with Crippen LogP contribution in [0.5, 0.6) is 5.75 Å². The van der Waals surface area contributed by atoms with Crippen molar-refractivity contribution < 1.29 is 14.6 Å². The molecule has 4 rings (SSSR count). The van der Waals surface area contributed by atoms with Gasteiger partial charge in [0.15, 0.2) is 5.82 Å². The largest absolute Gasteiger partial charge is 0.427 e. The number of piperidine rings is 1. The lowest BCUT2D eigenvalue weighted by atomic mass is 9.90. The molecule has 1 N–H and O–H groups in total. The Morgan fingerprint density at radius 1 is 1.10 bits per heavy atom. The molecule has 2 heterocycles. The lowest BCUT2D eigenvalue weighted by Crippen LogP contribution is -2.44. The summed E-state index contributed by atoms with van der Waals surface area (Å²) >= 11 is 0. The van der Waals surface area contributed by atoms with Crippen molar-refractivity contribution in [3.8, 4) is 11.4 Å². The smallest absolute Gasteiger partial charge is 0.308 e. The highest BCUT2D eigenvalue weighted by Crippen LogP contribution is 2.34. The van der Waals surface area contributed by atoms with E-state index in [0.717, 1.165) is 31.7 Å². The summed E-state index contributed by atoms with van der Waals surface area (Å²) in [5, 5.41) is 20.0. The van der Waals surface area contributed by atoms with E-state index < -0.39 is 5.60 Å². The van der Waals surface area contributed by atoms with E-state index in [1.54, 1.807) is 12.1 Å². The van der Waals surface area contributed by atoms with Gasteiger partial charge in [-0.2, -0.15) is 0 Å². The van der Waals surface area contributed by atoms with Gasteiger partial charge in [-0.3, -0.25) is 9.36 Å². The SMILES string of the molecule is CC(=O)Oc1cccc(-n2c(C)nnc2C2(O)CCN(CCc3ccccc3)CC2)c1. The molecule has 7 heteroatoms. The van der Waals surface area contributed by atoms with E-state index in [0.29, 0.717) is 30.2 Å². The molecular formula is C24H28N4O3. The number of esters is 1. The van der Waals surface area contributed by atoms with Crippen molar-refractivity contribution >= 4 is 5.97 Å². The van der Waals surface area contributed by atoms with Crippen molar-refractivity contribution in [1.29, 1.82) is 0 Å². The Kier molecular flexibility index (Phi) is 6.15. The van der Waals surface area contributed by atoms with Crippen molar-refractivity contribution in [2.75, 3.05) is 19.6 Å². The third-order valence-corrected chi connectivity index (χ3v) is 5.82. The summed E-state index contributed by atoms with van der Waals surface area (Å²) in [5.41, 5.74) is 1.03. The number of aliphatic hydroxyl groups is 1. The van der Waals surface area contributed by atoms with Gasteiger partial charge in [0.25, 0.3) is 0 Å². The fourth-order valence-electron chi connectivity index (χ4n) is 4.13. The van der Waals surface area contributed by atoms with Crippen LogP contribution in [0.2, 0.25) is 0 Å². The lowest BCUT2D eigenvalue weighted by Gasteiger charge is -2.37. The minimum atomic E-state index is -1.05. The van der Waals surface area contributed by atoms with Crippen molar-refractivity contribution in [3.63, 3.8) is 0 Å². The highest BCUT2D eigenvalue weighted by molar-refractivity contribution is 5.69. The molecule has 2 aromatic carbocycles. The van der Waals surface area contributed by atoms with E-state index in [9.17, 15) is 9.90 Å². The molecule has 0 unspecified atom stereocenters. The van der Waals surface area contributed by atoms with Gasteiger partial charge in [-0.25, -0.2) is 0 Å². The molecule has 31 heavy (non-hydrogen) atoms. The van der Waals surface area contributed by atoms with Crippen molar-refractivity contribution in [2.24, 2.45) is 0 Å². The first-order valence-electron chi connectivity index (χ1n) is 10.6. The third-order valence-electron chi connectivity index (χ3n) is 5.82. The van der Waals surface area contributed by atoms with Crippen LogP contribution in [0.4, 0.5) is 0 Å². The number of aromatic nitrogens is 3. The number of hydrogen-bond donors (Lipinski definition) is 1. The molecule has 1 fully saturated rings. The van der Waals surface area contributed by atoms with Gasteiger partial charge < -0.3 is 14.7 Å². The minimum absolute atomic E-state index is 0.376. The highest BCUT2D eigenvalue weighted by atomic mass is 16.5. The number of benzene rings is 2. The molecule has 1 aromatic heterocycles. The van der Waals surface area contributed by atoms with E-state index in [2.05, 4.69) is 39.4 Å². The Morgan fingerprint density at radius 3 is 2.55 bits per heavy atom. The number of likely N-dealkylation sites (tertiary alicyclic amines) is 1. The van der Waals surface area contributed by atoms with E-state index >= 15 is 0 Å². The molecule has 1 aliphatic rings. The van der Waals surface area contributed by atoms with Gasteiger partial charge >= 0.3 is 5.97 Å². The van der Waals surface area contributed by atoms with Crippen LogP contribution in [0.15, 0.2) is 54.6 Å². The summed E-state index contributed by atoms with van der Waals surface area (Å²) < 4.78 is 7.07. The third kappa shape index (κ3) is 4.84. The van der Waals surface area contributed by atoms with Crippen molar-refractivity contribution in [1.82, 2.24) is 19.7 Å². The number of carbonyl (C=O) groups is 1. The Morgan fingerprint density at radius 2 is 1.84 bits per heavy atom. The molecule has 0 radical (unpaired) electrons. The summed E-state index contributed by atoms with van der Waals surface area (Å²) in [6.07, 6.45) is 2.17. The quantitative estimate of drug-likeness (QED) is 0.488. The zero-order valence-corrected chi connectivity index (χ0v) is 18.0. The Bertz CT molecular complexity index is 1040. The van der Waals surface area contributed by atoms with Crippen LogP contribution in [-0.2, 0) is 16.8 Å². The topological polar surface area (TPSA) is 80.5 Å². The van der Waals surface area contributed by atoms with E-state index in [-0.39, 0.29) is 5.97 Å². The normalized spacial score (nSPS) is 16.2. The summed E-state index contributed by atoms with van der Waals surface area (Å²) in [6, 6.07) is 17.7. The van der Waals surface area contributed by atoms with Crippen LogP contribution in [-0.4, -0.2) is 50.4 Å². The molecular weight excluding hydrogens is 392 g/mol. The van der Waals surface area contributed by atoms with Crippen LogP contribution < -0.4 is 4.74 Å². The molecule has 1 saturated heterocycles. The Labute approximate surface area is 182 Å².